The topological polar surface area (TPSA) is 60.1 Å². The number of aromatic nitrogens is 2. The molecule has 0 radical (unpaired) electrons. The fraction of sp³-hybridized carbons (Fsp3) is 0.385. The number of carbonyl (C=O) groups is 1. The molecule has 0 aromatic carbocycles. The number of aryl methyl sites for hydroxylation is 2. The van der Waals surface area contributed by atoms with Gasteiger partial charge in [0.15, 0.2) is 0 Å². The zero-order chi connectivity index (χ0) is 12.5. The predicted molar refractivity (Wildman–Crippen MR) is 66.0 cm³/mol. The number of hydrogen-bond acceptors (Lipinski definition) is 3. The maximum Gasteiger partial charge on any atom is 0.216 e. The Labute approximate surface area is 105 Å². The Morgan fingerprint density at radius 1 is 1.56 bits per heavy atom. The molecule has 1 aliphatic rings. The van der Waals surface area contributed by atoms with Crippen molar-refractivity contribution in [3.8, 4) is 11.3 Å². The van der Waals surface area contributed by atoms with E-state index in [0.717, 1.165) is 29.9 Å². The van der Waals surface area contributed by atoms with E-state index in [0.29, 0.717) is 13.1 Å². The van der Waals surface area contributed by atoms with Crippen LogP contribution in [0.1, 0.15) is 18.2 Å². The number of amides is 1. The Hall–Kier alpha value is -2.04. The third-order valence-corrected chi connectivity index (χ3v) is 3.23. The summed E-state index contributed by atoms with van der Waals surface area (Å²) in [5.41, 5.74) is 3.53. The van der Waals surface area contributed by atoms with Gasteiger partial charge in [-0.2, -0.15) is 5.10 Å². The lowest BCUT2D eigenvalue weighted by Gasteiger charge is -2.14. The Kier molecular flexibility index (Phi) is 2.66. The molecule has 1 amide bonds. The van der Waals surface area contributed by atoms with Crippen LogP contribution in [0.5, 0.6) is 0 Å². The van der Waals surface area contributed by atoms with Crippen molar-refractivity contribution in [2.24, 2.45) is 0 Å². The van der Waals surface area contributed by atoms with Crippen molar-refractivity contribution in [1.82, 2.24) is 15.1 Å². The number of nitrogens with one attached hydrogen (secondary N) is 1. The Morgan fingerprint density at radius 3 is 3.28 bits per heavy atom. The van der Waals surface area contributed by atoms with E-state index in [1.165, 1.54) is 12.5 Å². The van der Waals surface area contributed by atoms with E-state index in [-0.39, 0.29) is 5.91 Å². The molecule has 1 N–H and O–H groups in total. The van der Waals surface area contributed by atoms with Crippen LogP contribution in [0.25, 0.3) is 11.3 Å². The number of carbonyl (C=O) groups excluding carboxylic acids is 1. The van der Waals surface area contributed by atoms with E-state index in [9.17, 15) is 4.79 Å². The van der Waals surface area contributed by atoms with Crippen LogP contribution in [-0.2, 0) is 24.2 Å². The summed E-state index contributed by atoms with van der Waals surface area (Å²) < 4.78 is 7.41. The van der Waals surface area contributed by atoms with Gasteiger partial charge in [0.2, 0.25) is 5.91 Å². The lowest BCUT2D eigenvalue weighted by atomic mass is 9.96. The summed E-state index contributed by atoms with van der Waals surface area (Å²) in [4.78, 5) is 10.9. The van der Waals surface area contributed by atoms with Gasteiger partial charge in [0.1, 0.15) is 5.76 Å². The van der Waals surface area contributed by atoms with Crippen LogP contribution in [-0.4, -0.2) is 22.2 Å². The first-order valence-electron chi connectivity index (χ1n) is 6.11. The van der Waals surface area contributed by atoms with Crippen molar-refractivity contribution in [3.05, 3.63) is 29.9 Å². The highest BCUT2D eigenvalue weighted by Crippen LogP contribution is 2.33. The standard InChI is InChI=1S/C13H15N3O2/c1-9(17)14-5-6-16-13-10(8-15-16)2-3-12-11(13)4-7-18-12/h4,7-8H,2-3,5-6H2,1H3,(H,14,17). The third-order valence-electron chi connectivity index (χ3n) is 3.23. The van der Waals surface area contributed by atoms with Crippen molar-refractivity contribution in [1.29, 1.82) is 0 Å². The highest BCUT2D eigenvalue weighted by Gasteiger charge is 2.22. The Balaban J connectivity index is 1.86. The maximum absolute atomic E-state index is 10.9. The highest BCUT2D eigenvalue weighted by molar-refractivity contribution is 5.72. The van der Waals surface area contributed by atoms with Crippen LogP contribution in [0.2, 0.25) is 0 Å². The van der Waals surface area contributed by atoms with E-state index in [4.69, 9.17) is 4.42 Å². The normalized spacial score (nSPS) is 12.9. The summed E-state index contributed by atoms with van der Waals surface area (Å²) in [6.07, 6.45) is 5.55. The maximum atomic E-state index is 10.9. The fourth-order valence-electron chi connectivity index (χ4n) is 2.42. The van der Waals surface area contributed by atoms with Crippen LogP contribution in [0.3, 0.4) is 0 Å². The summed E-state index contributed by atoms with van der Waals surface area (Å²) in [5.74, 6) is 1.02. The van der Waals surface area contributed by atoms with E-state index in [1.807, 2.05) is 16.9 Å². The van der Waals surface area contributed by atoms with Crippen molar-refractivity contribution < 1.29 is 9.21 Å². The first kappa shape index (κ1) is 11.1. The zero-order valence-corrected chi connectivity index (χ0v) is 10.3. The molecule has 0 spiro atoms. The average Bonchev–Trinajstić information content (AvgIpc) is 2.93. The van der Waals surface area contributed by atoms with Gasteiger partial charge in [0, 0.05) is 25.5 Å². The monoisotopic (exact) mass is 245 g/mol. The number of rotatable bonds is 3. The number of furan rings is 1. The molecule has 2 aromatic rings. The molecule has 0 unspecified atom stereocenters. The number of fused-ring (bicyclic) bond motifs is 3. The largest absolute Gasteiger partial charge is 0.469 e. The molecule has 2 aromatic heterocycles. The quantitative estimate of drug-likeness (QED) is 0.888. The molecule has 0 saturated heterocycles. The SMILES string of the molecule is CC(=O)NCCn1ncc2c1-c1ccoc1CC2. The van der Waals surface area contributed by atoms with Crippen molar-refractivity contribution in [2.75, 3.05) is 6.54 Å². The minimum absolute atomic E-state index is 0.0139. The second-order valence-corrected chi connectivity index (χ2v) is 4.48. The third kappa shape index (κ3) is 1.81. The van der Waals surface area contributed by atoms with Gasteiger partial charge in [-0.05, 0) is 18.1 Å². The molecule has 5 heteroatoms. The molecule has 5 nitrogen and oxygen atoms in total. The molecule has 0 saturated carbocycles. The number of nitrogens with zero attached hydrogens (tertiary/aromatic N) is 2. The Morgan fingerprint density at radius 2 is 2.44 bits per heavy atom. The van der Waals surface area contributed by atoms with Gasteiger partial charge >= 0.3 is 0 Å². The van der Waals surface area contributed by atoms with Gasteiger partial charge in [0.25, 0.3) is 0 Å². The van der Waals surface area contributed by atoms with Crippen LogP contribution < -0.4 is 5.32 Å². The van der Waals surface area contributed by atoms with E-state index < -0.39 is 0 Å². The minimum atomic E-state index is -0.0139. The van der Waals surface area contributed by atoms with E-state index in [1.54, 1.807) is 6.26 Å². The van der Waals surface area contributed by atoms with E-state index in [2.05, 4.69) is 10.4 Å². The molecule has 1 aliphatic carbocycles. The van der Waals surface area contributed by atoms with Crippen LogP contribution in [0, 0.1) is 0 Å². The van der Waals surface area contributed by atoms with Gasteiger partial charge in [-0.3, -0.25) is 9.48 Å². The molecule has 0 fully saturated rings. The van der Waals surface area contributed by atoms with Gasteiger partial charge in [-0.1, -0.05) is 0 Å². The summed E-state index contributed by atoms with van der Waals surface area (Å²) in [7, 11) is 0. The summed E-state index contributed by atoms with van der Waals surface area (Å²) >= 11 is 0. The zero-order valence-electron chi connectivity index (χ0n) is 10.3. The average molecular weight is 245 g/mol. The minimum Gasteiger partial charge on any atom is -0.469 e. The molecule has 94 valence electrons. The van der Waals surface area contributed by atoms with Crippen LogP contribution in [0.4, 0.5) is 0 Å². The van der Waals surface area contributed by atoms with Gasteiger partial charge < -0.3 is 9.73 Å². The number of hydrogen-bond donors (Lipinski definition) is 1. The van der Waals surface area contributed by atoms with Gasteiger partial charge in [0.05, 0.1) is 24.7 Å². The second-order valence-electron chi connectivity index (χ2n) is 4.48. The molecule has 0 atom stereocenters. The van der Waals surface area contributed by atoms with Crippen molar-refractivity contribution >= 4 is 5.91 Å². The Bertz CT molecular complexity index is 583. The first-order valence-corrected chi connectivity index (χ1v) is 6.11. The molecule has 2 heterocycles. The molecular weight excluding hydrogens is 230 g/mol. The van der Waals surface area contributed by atoms with Gasteiger partial charge in [-0.25, -0.2) is 0 Å². The molecular formula is C13H15N3O2. The predicted octanol–water partition coefficient (Wildman–Crippen LogP) is 1.38. The van der Waals surface area contributed by atoms with Crippen molar-refractivity contribution in [3.63, 3.8) is 0 Å². The van der Waals surface area contributed by atoms with Crippen molar-refractivity contribution in [2.45, 2.75) is 26.3 Å². The first-order chi connectivity index (χ1) is 8.75. The molecule has 0 aliphatic heterocycles. The van der Waals surface area contributed by atoms with Crippen LogP contribution >= 0.6 is 0 Å². The molecule has 0 bridgehead atoms. The summed E-state index contributed by atoms with van der Waals surface area (Å²) in [6.45, 7) is 2.79. The van der Waals surface area contributed by atoms with Gasteiger partial charge in [-0.15, -0.1) is 0 Å². The lowest BCUT2D eigenvalue weighted by molar-refractivity contribution is -0.118. The molecule has 18 heavy (non-hydrogen) atoms. The van der Waals surface area contributed by atoms with E-state index >= 15 is 0 Å². The molecule has 3 rings (SSSR count). The summed E-state index contributed by atoms with van der Waals surface area (Å²) in [5, 5.41) is 7.18. The smallest absolute Gasteiger partial charge is 0.216 e. The fourth-order valence-corrected chi connectivity index (χ4v) is 2.42. The van der Waals surface area contributed by atoms with Crippen LogP contribution in [0.15, 0.2) is 22.9 Å². The second kappa shape index (κ2) is 4.33. The highest BCUT2D eigenvalue weighted by atomic mass is 16.3. The summed E-state index contributed by atoms with van der Waals surface area (Å²) in [6, 6.07) is 1.99. The lowest BCUT2D eigenvalue weighted by Crippen LogP contribution is -2.25.